The van der Waals surface area contributed by atoms with E-state index in [4.69, 9.17) is 15.0 Å². The van der Waals surface area contributed by atoms with Gasteiger partial charge < -0.3 is 0 Å². The third-order valence-electron chi connectivity index (χ3n) is 12.6. The summed E-state index contributed by atoms with van der Waals surface area (Å²) in [4.78, 5) is 15.1. The molecule has 0 N–H and O–H groups in total. The number of rotatable bonds is 6. The first-order chi connectivity index (χ1) is 28.7. The Morgan fingerprint density at radius 2 is 0.793 bits per heavy atom. The van der Waals surface area contributed by atoms with E-state index < -0.39 is 0 Å². The highest BCUT2D eigenvalue weighted by atomic mass is 15.0. The Hall–Kier alpha value is -6.97. The molecule has 3 heteroatoms. The van der Waals surface area contributed by atoms with Gasteiger partial charge in [-0.3, -0.25) is 0 Å². The molecule has 58 heavy (non-hydrogen) atoms. The number of aromatic nitrogens is 3. The Kier molecular flexibility index (Phi) is 8.40. The number of hydrogen-bond acceptors (Lipinski definition) is 3. The van der Waals surface area contributed by atoms with Crippen LogP contribution in [-0.4, -0.2) is 15.0 Å². The minimum Gasteiger partial charge on any atom is -0.208 e. The summed E-state index contributed by atoms with van der Waals surface area (Å²) >= 11 is 0. The molecule has 276 valence electrons. The minimum atomic E-state index is 0.167. The average molecular weight is 744 g/mol. The Morgan fingerprint density at radius 3 is 1.50 bits per heavy atom. The fourth-order valence-electron chi connectivity index (χ4n) is 9.75. The molecule has 1 saturated carbocycles. The van der Waals surface area contributed by atoms with Crippen LogP contribution in [0.1, 0.15) is 43.2 Å². The monoisotopic (exact) mass is 743 g/mol. The summed E-state index contributed by atoms with van der Waals surface area (Å²) in [5.41, 5.74) is 16.1. The van der Waals surface area contributed by atoms with E-state index in [9.17, 15) is 0 Å². The van der Waals surface area contributed by atoms with Crippen LogP contribution >= 0.6 is 0 Å². The lowest BCUT2D eigenvalue weighted by atomic mass is 9.68. The van der Waals surface area contributed by atoms with E-state index in [2.05, 4.69) is 164 Å². The zero-order valence-corrected chi connectivity index (χ0v) is 32.3. The summed E-state index contributed by atoms with van der Waals surface area (Å²) in [6, 6.07) is 67.7. The molecular weight excluding hydrogens is 703 g/mol. The second-order valence-corrected chi connectivity index (χ2v) is 15.9. The number of hydrogen-bond donors (Lipinski definition) is 0. The van der Waals surface area contributed by atoms with Crippen molar-refractivity contribution in [3.8, 4) is 78.7 Å². The molecule has 3 nitrogen and oxygen atoms in total. The molecule has 11 rings (SSSR count). The van der Waals surface area contributed by atoms with Crippen molar-refractivity contribution in [2.24, 2.45) is 0 Å². The summed E-state index contributed by atoms with van der Waals surface area (Å²) in [6.45, 7) is 0. The molecule has 0 atom stereocenters. The van der Waals surface area contributed by atoms with Crippen molar-refractivity contribution >= 4 is 10.8 Å². The van der Waals surface area contributed by atoms with Crippen molar-refractivity contribution < 1.29 is 0 Å². The largest absolute Gasteiger partial charge is 0.208 e. The van der Waals surface area contributed by atoms with Crippen LogP contribution in [0.25, 0.3) is 89.4 Å². The quantitative estimate of drug-likeness (QED) is 0.170. The van der Waals surface area contributed by atoms with E-state index in [0.717, 1.165) is 33.4 Å². The standard InChI is InChI=1S/C55H41N3/c1-4-15-37(16-5-1)41-19-14-20-43(35-41)54-57-52(39-17-6-2-7-18-39)56-53(58-54)40-27-25-38(26-28-40)44-30-31-45(47-22-9-8-21-46(44)47)42-29-32-51-49(36-42)48-23-10-11-24-50(48)55(51)33-12-3-13-34-55/h1-2,4-11,14-32,35-36H,3,12-13,33-34H2. The van der Waals surface area contributed by atoms with Gasteiger partial charge in [-0.05, 0) is 91.4 Å². The molecule has 0 bridgehead atoms. The van der Waals surface area contributed by atoms with E-state index >= 15 is 0 Å². The molecule has 0 aliphatic heterocycles. The van der Waals surface area contributed by atoms with Gasteiger partial charge in [0.15, 0.2) is 17.5 Å². The molecular formula is C55H41N3. The number of fused-ring (bicyclic) bond motifs is 6. The topological polar surface area (TPSA) is 38.7 Å². The van der Waals surface area contributed by atoms with Crippen molar-refractivity contribution in [1.82, 2.24) is 15.0 Å². The molecule has 8 aromatic carbocycles. The second kappa shape index (κ2) is 14.2. The van der Waals surface area contributed by atoms with E-state index in [1.165, 1.54) is 81.8 Å². The van der Waals surface area contributed by atoms with Crippen molar-refractivity contribution in [3.05, 3.63) is 199 Å². The molecule has 9 aromatic rings. The first kappa shape index (κ1) is 34.3. The number of nitrogens with zero attached hydrogens (tertiary/aromatic N) is 3. The van der Waals surface area contributed by atoms with Gasteiger partial charge in [0, 0.05) is 22.1 Å². The molecule has 0 saturated heterocycles. The van der Waals surface area contributed by atoms with Gasteiger partial charge in [0.1, 0.15) is 0 Å². The van der Waals surface area contributed by atoms with Gasteiger partial charge in [0.25, 0.3) is 0 Å². The van der Waals surface area contributed by atoms with Gasteiger partial charge in [0.05, 0.1) is 0 Å². The third kappa shape index (κ3) is 5.85. The predicted molar refractivity (Wildman–Crippen MR) is 239 cm³/mol. The maximum atomic E-state index is 5.08. The summed E-state index contributed by atoms with van der Waals surface area (Å²) in [6.07, 6.45) is 6.45. The van der Waals surface area contributed by atoms with Crippen LogP contribution in [0.3, 0.4) is 0 Å². The lowest BCUT2D eigenvalue weighted by Crippen LogP contribution is -2.27. The van der Waals surface area contributed by atoms with Crippen LogP contribution in [0.15, 0.2) is 188 Å². The minimum absolute atomic E-state index is 0.167. The van der Waals surface area contributed by atoms with Gasteiger partial charge in [-0.1, -0.05) is 195 Å². The molecule has 2 aliphatic rings. The predicted octanol–water partition coefficient (Wildman–Crippen LogP) is 14.3. The molecule has 1 fully saturated rings. The average Bonchev–Trinajstić information content (AvgIpc) is 3.57. The molecule has 1 aromatic heterocycles. The third-order valence-corrected chi connectivity index (χ3v) is 12.6. The first-order valence-electron chi connectivity index (χ1n) is 20.6. The number of benzene rings is 8. The normalized spacial score (nSPS) is 14.0. The summed E-state index contributed by atoms with van der Waals surface area (Å²) in [5.74, 6) is 1.95. The first-order valence-corrected chi connectivity index (χ1v) is 20.6. The van der Waals surface area contributed by atoms with Crippen molar-refractivity contribution in [3.63, 3.8) is 0 Å². The maximum absolute atomic E-state index is 5.08. The molecule has 0 amide bonds. The van der Waals surface area contributed by atoms with E-state index in [1.807, 2.05) is 24.3 Å². The fraction of sp³-hybridized carbons (Fsp3) is 0.109. The van der Waals surface area contributed by atoms with Crippen molar-refractivity contribution in [1.29, 1.82) is 0 Å². The highest BCUT2D eigenvalue weighted by molar-refractivity contribution is 6.05. The van der Waals surface area contributed by atoms with Crippen molar-refractivity contribution in [2.75, 3.05) is 0 Å². The van der Waals surface area contributed by atoms with E-state index in [-0.39, 0.29) is 5.41 Å². The maximum Gasteiger partial charge on any atom is 0.164 e. The Morgan fingerprint density at radius 1 is 0.293 bits per heavy atom. The van der Waals surface area contributed by atoms with E-state index in [0.29, 0.717) is 17.5 Å². The lowest BCUT2D eigenvalue weighted by Gasteiger charge is -2.36. The van der Waals surface area contributed by atoms with Crippen LogP contribution in [0.4, 0.5) is 0 Å². The van der Waals surface area contributed by atoms with Crippen LogP contribution in [0.2, 0.25) is 0 Å². The van der Waals surface area contributed by atoms with Gasteiger partial charge in [-0.15, -0.1) is 0 Å². The zero-order chi connectivity index (χ0) is 38.5. The molecule has 1 spiro atoms. The second-order valence-electron chi connectivity index (χ2n) is 15.9. The highest BCUT2D eigenvalue weighted by Crippen LogP contribution is 2.56. The smallest absolute Gasteiger partial charge is 0.164 e. The fourth-order valence-corrected chi connectivity index (χ4v) is 9.75. The van der Waals surface area contributed by atoms with Gasteiger partial charge in [-0.2, -0.15) is 0 Å². The Labute approximate surface area is 339 Å². The summed E-state index contributed by atoms with van der Waals surface area (Å²) < 4.78 is 0. The van der Waals surface area contributed by atoms with Crippen LogP contribution in [-0.2, 0) is 5.41 Å². The molecule has 2 aliphatic carbocycles. The van der Waals surface area contributed by atoms with Crippen LogP contribution in [0, 0.1) is 0 Å². The highest BCUT2D eigenvalue weighted by Gasteiger charge is 2.43. The Balaban J connectivity index is 0.965. The zero-order valence-electron chi connectivity index (χ0n) is 32.3. The van der Waals surface area contributed by atoms with Crippen LogP contribution < -0.4 is 0 Å². The molecule has 0 radical (unpaired) electrons. The van der Waals surface area contributed by atoms with Gasteiger partial charge in [0.2, 0.25) is 0 Å². The lowest BCUT2D eigenvalue weighted by molar-refractivity contribution is 0.353. The van der Waals surface area contributed by atoms with Crippen molar-refractivity contribution in [2.45, 2.75) is 37.5 Å². The SMILES string of the molecule is c1ccc(-c2cccc(-c3nc(-c4ccccc4)nc(-c4ccc(-c5ccc(-c6ccc7c(c6)-c6ccccc6C76CCCCC6)c6ccccc56)cc4)n3)c2)cc1. The molecule has 0 unspecified atom stereocenters. The summed E-state index contributed by atoms with van der Waals surface area (Å²) in [5, 5.41) is 2.50. The molecule has 1 heterocycles. The Bertz CT molecular complexity index is 2960. The van der Waals surface area contributed by atoms with Gasteiger partial charge in [-0.25, -0.2) is 15.0 Å². The van der Waals surface area contributed by atoms with E-state index in [1.54, 1.807) is 0 Å². The van der Waals surface area contributed by atoms with Crippen LogP contribution in [0.5, 0.6) is 0 Å². The summed E-state index contributed by atoms with van der Waals surface area (Å²) in [7, 11) is 0. The van der Waals surface area contributed by atoms with Gasteiger partial charge >= 0.3 is 0 Å².